The van der Waals surface area contributed by atoms with Gasteiger partial charge < -0.3 is 19.4 Å². The molecular weight excluding hydrogens is 204 g/mol. The second-order valence-corrected chi connectivity index (χ2v) is 2.46. The van der Waals surface area contributed by atoms with E-state index in [1.165, 1.54) is 0 Å². The largest absolute Gasteiger partial charge is 0.550 e. The molecule has 0 fully saturated rings. The molecule has 6 nitrogen and oxygen atoms in total. The van der Waals surface area contributed by atoms with E-state index in [9.17, 15) is 19.5 Å². The third kappa shape index (κ3) is 8.48. The van der Waals surface area contributed by atoms with Gasteiger partial charge in [0.2, 0.25) is 0 Å². The van der Waals surface area contributed by atoms with Crippen LogP contribution in [0.1, 0.15) is 12.8 Å². The first-order valence-corrected chi connectivity index (χ1v) is 4.21. The summed E-state index contributed by atoms with van der Waals surface area (Å²) in [5, 5.41) is 9.94. The van der Waals surface area contributed by atoms with Gasteiger partial charge in [-0.15, -0.1) is 0 Å². The summed E-state index contributed by atoms with van der Waals surface area (Å²) in [5.74, 6) is -2.55. The molecule has 0 aromatic heterocycles. The molecule has 0 spiro atoms. The fourth-order valence-electron chi connectivity index (χ4n) is 0.614. The monoisotopic (exact) mass is 215 g/mol. The standard InChI is InChI=1S/C9H12O6/c1-2-8(12)14-6-4-9(13)15-5-3-7(10)11/h2H,1,3-6H2,(H,10,11)/p-1. The Kier molecular flexibility index (Phi) is 6.61. The zero-order valence-electron chi connectivity index (χ0n) is 8.06. The van der Waals surface area contributed by atoms with E-state index in [0.717, 1.165) is 6.08 Å². The van der Waals surface area contributed by atoms with Gasteiger partial charge in [-0.05, 0) is 0 Å². The minimum Gasteiger partial charge on any atom is -0.550 e. The molecule has 0 rings (SSSR count). The van der Waals surface area contributed by atoms with Crippen LogP contribution in [0.15, 0.2) is 12.7 Å². The maximum absolute atomic E-state index is 10.8. The molecule has 0 aromatic carbocycles. The van der Waals surface area contributed by atoms with Gasteiger partial charge in [-0.3, -0.25) is 4.79 Å². The smallest absolute Gasteiger partial charge is 0.330 e. The molecule has 0 heterocycles. The zero-order valence-corrected chi connectivity index (χ0v) is 8.06. The van der Waals surface area contributed by atoms with Gasteiger partial charge in [-0.25, -0.2) is 4.79 Å². The number of ether oxygens (including phenoxy) is 2. The van der Waals surface area contributed by atoms with E-state index in [1.807, 2.05) is 0 Å². The van der Waals surface area contributed by atoms with Crippen LogP contribution in [-0.2, 0) is 23.9 Å². The van der Waals surface area contributed by atoms with Crippen LogP contribution in [0.4, 0.5) is 0 Å². The van der Waals surface area contributed by atoms with Crippen molar-refractivity contribution in [3.8, 4) is 0 Å². The number of esters is 2. The molecule has 0 aromatic rings. The fourth-order valence-corrected chi connectivity index (χ4v) is 0.614. The van der Waals surface area contributed by atoms with Crippen molar-refractivity contribution < 1.29 is 29.0 Å². The van der Waals surface area contributed by atoms with E-state index < -0.39 is 17.9 Å². The van der Waals surface area contributed by atoms with Crippen LogP contribution in [0.3, 0.4) is 0 Å². The summed E-state index contributed by atoms with van der Waals surface area (Å²) in [6, 6.07) is 0. The molecule has 0 aliphatic carbocycles. The zero-order chi connectivity index (χ0) is 11.7. The highest BCUT2D eigenvalue weighted by atomic mass is 16.5. The molecular formula is C9H11O6-. The normalized spacial score (nSPS) is 9.07. The molecule has 6 heteroatoms. The quantitative estimate of drug-likeness (QED) is 0.390. The highest BCUT2D eigenvalue weighted by Gasteiger charge is 2.04. The maximum Gasteiger partial charge on any atom is 0.330 e. The number of carbonyl (C=O) groups is 3. The maximum atomic E-state index is 10.8. The summed E-state index contributed by atoms with van der Waals surface area (Å²) in [4.78, 5) is 31.3. The highest BCUT2D eigenvalue weighted by molar-refractivity contribution is 5.81. The van der Waals surface area contributed by atoms with Crippen LogP contribution < -0.4 is 5.11 Å². The molecule has 0 atom stereocenters. The minimum atomic E-state index is -1.29. The van der Waals surface area contributed by atoms with E-state index in [2.05, 4.69) is 16.1 Å². The lowest BCUT2D eigenvalue weighted by molar-refractivity contribution is -0.306. The second kappa shape index (κ2) is 7.54. The van der Waals surface area contributed by atoms with E-state index in [1.54, 1.807) is 0 Å². The molecule has 15 heavy (non-hydrogen) atoms. The predicted molar refractivity (Wildman–Crippen MR) is 46.4 cm³/mol. The van der Waals surface area contributed by atoms with Crippen molar-refractivity contribution in [3.63, 3.8) is 0 Å². The van der Waals surface area contributed by atoms with Crippen LogP contribution in [-0.4, -0.2) is 31.1 Å². The number of carbonyl (C=O) groups excluding carboxylic acids is 3. The Labute approximate surface area is 86.5 Å². The lowest BCUT2D eigenvalue weighted by atomic mass is 10.4. The summed E-state index contributed by atoms with van der Waals surface area (Å²) in [5.41, 5.74) is 0. The van der Waals surface area contributed by atoms with Crippen molar-refractivity contribution in [2.75, 3.05) is 13.2 Å². The molecule has 0 bridgehead atoms. The van der Waals surface area contributed by atoms with Crippen LogP contribution in [0.5, 0.6) is 0 Å². The Balaban J connectivity index is 3.45. The van der Waals surface area contributed by atoms with Gasteiger partial charge in [0, 0.05) is 18.5 Å². The Morgan fingerprint density at radius 2 is 1.73 bits per heavy atom. The average molecular weight is 215 g/mol. The fraction of sp³-hybridized carbons (Fsp3) is 0.444. The van der Waals surface area contributed by atoms with Crippen LogP contribution >= 0.6 is 0 Å². The molecule has 0 amide bonds. The molecule has 0 unspecified atom stereocenters. The molecule has 0 aliphatic rings. The summed E-state index contributed by atoms with van der Waals surface area (Å²) < 4.78 is 8.99. The van der Waals surface area contributed by atoms with Crippen molar-refractivity contribution >= 4 is 17.9 Å². The Morgan fingerprint density at radius 3 is 2.27 bits per heavy atom. The molecule has 84 valence electrons. The number of aliphatic carboxylic acids is 1. The summed E-state index contributed by atoms with van der Waals surface area (Å²) >= 11 is 0. The van der Waals surface area contributed by atoms with E-state index in [0.29, 0.717) is 0 Å². The SMILES string of the molecule is C=CC(=O)OCCC(=O)OCCC(=O)[O-]. The average Bonchev–Trinajstić information content (AvgIpc) is 2.17. The van der Waals surface area contributed by atoms with E-state index in [4.69, 9.17) is 0 Å². The van der Waals surface area contributed by atoms with Gasteiger partial charge in [0.1, 0.15) is 6.61 Å². The molecule has 0 saturated carbocycles. The van der Waals surface area contributed by atoms with Crippen molar-refractivity contribution in [2.24, 2.45) is 0 Å². The van der Waals surface area contributed by atoms with Crippen molar-refractivity contribution in [1.29, 1.82) is 0 Å². The van der Waals surface area contributed by atoms with Crippen molar-refractivity contribution in [2.45, 2.75) is 12.8 Å². The van der Waals surface area contributed by atoms with Gasteiger partial charge in [0.05, 0.1) is 13.0 Å². The lowest BCUT2D eigenvalue weighted by Gasteiger charge is -2.05. The molecule has 0 N–H and O–H groups in total. The van der Waals surface area contributed by atoms with Crippen LogP contribution in [0, 0.1) is 0 Å². The summed E-state index contributed by atoms with van der Waals surface area (Å²) in [7, 11) is 0. The highest BCUT2D eigenvalue weighted by Crippen LogP contribution is 1.91. The van der Waals surface area contributed by atoms with Gasteiger partial charge in [-0.2, -0.15) is 0 Å². The Hall–Kier alpha value is -1.85. The molecule has 0 aliphatic heterocycles. The van der Waals surface area contributed by atoms with E-state index in [-0.39, 0.29) is 26.1 Å². The first-order chi connectivity index (χ1) is 7.06. The number of carboxylic acid groups (broad SMARTS) is 1. The topological polar surface area (TPSA) is 92.7 Å². The van der Waals surface area contributed by atoms with Crippen molar-refractivity contribution in [1.82, 2.24) is 0 Å². The number of hydrogen-bond donors (Lipinski definition) is 0. The lowest BCUT2D eigenvalue weighted by Crippen LogP contribution is -2.24. The summed E-state index contributed by atoms with van der Waals surface area (Å²) in [6.45, 7) is 2.81. The number of rotatable bonds is 7. The Bertz CT molecular complexity index is 257. The van der Waals surface area contributed by atoms with Gasteiger partial charge >= 0.3 is 11.9 Å². The van der Waals surface area contributed by atoms with E-state index >= 15 is 0 Å². The molecule has 0 saturated heterocycles. The molecule has 0 radical (unpaired) electrons. The third-order valence-corrected chi connectivity index (χ3v) is 1.29. The van der Waals surface area contributed by atoms with Gasteiger partial charge in [-0.1, -0.05) is 6.58 Å². The van der Waals surface area contributed by atoms with Crippen LogP contribution in [0.25, 0.3) is 0 Å². The van der Waals surface area contributed by atoms with Crippen LogP contribution in [0.2, 0.25) is 0 Å². The Morgan fingerprint density at radius 1 is 1.13 bits per heavy atom. The van der Waals surface area contributed by atoms with Gasteiger partial charge in [0.15, 0.2) is 0 Å². The predicted octanol–water partition coefficient (Wildman–Crippen LogP) is -1.21. The number of carboxylic acids is 1. The first kappa shape index (κ1) is 13.2. The first-order valence-electron chi connectivity index (χ1n) is 4.21. The number of hydrogen-bond acceptors (Lipinski definition) is 6. The minimum absolute atomic E-state index is 0.116. The summed E-state index contributed by atoms with van der Waals surface area (Å²) in [6.07, 6.45) is 0.506. The van der Waals surface area contributed by atoms with Crippen molar-refractivity contribution in [3.05, 3.63) is 12.7 Å². The van der Waals surface area contributed by atoms with Gasteiger partial charge in [0.25, 0.3) is 0 Å². The second-order valence-electron chi connectivity index (χ2n) is 2.46. The third-order valence-electron chi connectivity index (χ3n) is 1.29.